The first kappa shape index (κ1) is 15.0. The van der Waals surface area contributed by atoms with E-state index in [2.05, 4.69) is 55.6 Å². The first-order valence-electron chi connectivity index (χ1n) is 7.38. The summed E-state index contributed by atoms with van der Waals surface area (Å²) in [6.45, 7) is 4.53. The predicted octanol–water partition coefficient (Wildman–Crippen LogP) is 5.47. The van der Waals surface area contributed by atoms with E-state index in [0.29, 0.717) is 18.0 Å². The highest BCUT2D eigenvalue weighted by molar-refractivity contribution is 7.99. The van der Waals surface area contributed by atoms with Crippen LogP contribution in [0.1, 0.15) is 37.1 Å². The molecular weight excluding hydrogens is 298 g/mol. The van der Waals surface area contributed by atoms with Gasteiger partial charge < -0.3 is 5.32 Å². The van der Waals surface area contributed by atoms with E-state index in [4.69, 9.17) is 11.6 Å². The molecule has 1 N–H and O–H groups in total. The molecule has 1 aliphatic heterocycles. The quantitative estimate of drug-likeness (QED) is 0.802. The van der Waals surface area contributed by atoms with Crippen molar-refractivity contribution >= 4 is 23.4 Å². The summed E-state index contributed by atoms with van der Waals surface area (Å²) in [4.78, 5) is 1.41. The Morgan fingerprint density at radius 1 is 1.10 bits per heavy atom. The van der Waals surface area contributed by atoms with Gasteiger partial charge in [0.2, 0.25) is 0 Å². The van der Waals surface area contributed by atoms with Crippen molar-refractivity contribution in [1.29, 1.82) is 0 Å². The third-order valence-electron chi connectivity index (χ3n) is 3.98. The van der Waals surface area contributed by atoms with Crippen molar-refractivity contribution in [2.24, 2.45) is 5.92 Å². The van der Waals surface area contributed by atoms with Crippen LogP contribution in [-0.4, -0.2) is 5.75 Å². The average Bonchev–Trinajstić information content (AvgIpc) is 2.89. The SMILES string of the molecule is CC(C)C(NC1CSc2ccccc21)c1ccc(Cl)cc1. The minimum Gasteiger partial charge on any atom is -0.302 e. The molecule has 2 aromatic rings. The zero-order valence-electron chi connectivity index (χ0n) is 12.3. The van der Waals surface area contributed by atoms with Crippen molar-refractivity contribution in [1.82, 2.24) is 5.32 Å². The van der Waals surface area contributed by atoms with E-state index in [1.54, 1.807) is 0 Å². The molecule has 21 heavy (non-hydrogen) atoms. The van der Waals surface area contributed by atoms with Crippen molar-refractivity contribution in [3.63, 3.8) is 0 Å². The minimum atomic E-state index is 0.346. The summed E-state index contributed by atoms with van der Waals surface area (Å²) in [5, 5.41) is 4.64. The van der Waals surface area contributed by atoms with E-state index in [-0.39, 0.29) is 0 Å². The molecule has 110 valence electrons. The summed E-state index contributed by atoms with van der Waals surface area (Å²) < 4.78 is 0. The van der Waals surface area contributed by atoms with Gasteiger partial charge in [-0.2, -0.15) is 0 Å². The zero-order chi connectivity index (χ0) is 14.8. The number of fused-ring (bicyclic) bond motifs is 1. The third kappa shape index (κ3) is 3.28. The Morgan fingerprint density at radius 3 is 2.52 bits per heavy atom. The molecule has 2 atom stereocenters. The van der Waals surface area contributed by atoms with Crippen LogP contribution in [0.4, 0.5) is 0 Å². The summed E-state index contributed by atoms with van der Waals surface area (Å²) in [7, 11) is 0. The number of rotatable bonds is 4. The summed E-state index contributed by atoms with van der Waals surface area (Å²) in [5.41, 5.74) is 2.74. The second kappa shape index (κ2) is 6.43. The Morgan fingerprint density at radius 2 is 1.81 bits per heavy atom. The molecule has 0 aromatic heterocycles. The van der Waals surface area contributed by atoms with Crippen LogP contribution in [0.25, 0.3) is 0 Å². The highest BCUT2D eigenvalue weighted by Gasteiger charge is 2.26. The van der Waals surface area contributed by atoms with Gasteiger partial charge in [-0.25, -0.2) is 0 Å². The Bertz CT molecular complexity index is 609. The van der Waals surface area contributed by atoms with E-state index in [1.807, 2.05) is 23.9 Å². The average molecular weight is 318 g/mol. The molecule has 0 bridgehead atoms. The van der Waals surface area contributed by atoms with Crippen molar-refractivity contribution in [3.8, 4) is 0 Å². The van der Waals surface area contributed by atoms with Crippen LogP contribution in [0.2, 0.25) is 5.02 Å². The van der Waals surface area contributed by atoms with Crippen LogP contribution in [0.5, 0.6) is 0 Å². The van der Waals surface area contributed by atoms with Gasteiger partial charge in [0, 0.05) is 27.8 Å². The monoisotopic (exact) mass is 317 g/mol. The Labute approximate surface area is 136 Å². The number of hydrogen-bond acceptors (Lipinski definition) is 2. The number of nitrogens with one attached hydrogen (secondary N) is 1. The van der Waals surface area contributed by atoms with Gasteiger partial charge in [-0.3, -0.25) is 0 Å². The molecule has 0 amide bonds. The van der Waals surface area contributed by atoms with Crippen LogP contribution < -0.4 is 5.32 Å². The van der Waals surface area contributed by atoms with Gasteiger partial charge in [0.1, 0.15) is 0 Å². The standard InChI is InChI=1S/C18H20ClNS/c1-12(2)18(13-7-9-14(19)10-8-13)20-16-11-21-17-6-4-3-5-15(16)17/h3-10,12,16,18,20H,11H2,1-2H3. The summed E-state index contributed by atoms with van der Waals surface area (Å²) in [5.74, 6) is 1.64. The topological polar surface area (TPSA) is 12.0 Å². The number of halogens is 1. The van der Waals surface area contributed by atoms with E-state index < -0.39 is 0 Å². The molecule has 1 nitrogen and oxygen atoms in total. The smallest absolute Gasteiger partial charge is 0.0431 e. The summed E-state index contributed by atoms with van der Waals surface area (Å²) in [6.07, 6.45) is 0. The lowest BCUT2D eigenvalue weighted by molar-refractivity contribution is 0.377. The second-order valence-electron chi connectivity index (χ2n) is 5.84. The third-order valence-corrected chi connectivity index (χ3v) is 5.41. The van der Waals surface area contributed by atoms with E-state index in [9.17, 15) is 0 Å². The van der Waals surface area contributed by atoms with Crippen LogP contribution in [0.3, 0.4) is 0 Å². The van der Waals surface area contributed by atoms with E-state index in [0.717, 1.165) is 10.8 Å². The second-order valence-corrected chi connectivity index (χ2v) is 7.34. The molecule has 0 radical (unpaired) electrons. The van der Waals surface area contributed by atoms with Gasteiger partial charge in [-0.05, 0) is 35.2 Å². The predicted molar refractivity (Wildman–Crippen MR) is 92.1 cm³/mol. The maximum Gasteiger partial charge on any atom is 0.0431 e. The van der Waals surface area contributed by atoms with Gasteiger partial charge in [0.25, 0.3) is 0 Å². The number of hydrogen-bond donors (Lipinski definition) is 1. The van der Waals surface area contributed by atoms with Crippen molar-refractivity contribution in [2.45, 2.75) is 30.8 Å². The Hall–Kier alpha value is -0.960. The summed E-state index contributed by atoms with van der Waals surface area (Å²) in [6, 6.07) is 17.7. The molecule has 0 fully saturated rings. The van der Waals surface area contributed by atoms with Crippen LogP contribution in [-0.2, 0) is 0 Å². The lowest BCUT2D eigenvalue weighted by atomic mass is 9.94. The highest BCUT2D eigenvalue weighted by atomic mass is 35.5. The molecule has 3 rings (SSSR count). The fourth-order valence-electron chi connectivity index (χ4n) is 2.86. The van der Waals surface area contributed by atoms with Crippen molar-refractivity contribution in [3.05, 3.63) is 64.7 Å². The molecule has 2 aromatic carbocycles. The number of thioether (sulfide) groups is 1. The largest absolute Gasteiger partial charge is 0.302 e. The molecule has 1 heterocycles. The summed E-state index contributed by atoms with van der Waals surface area (Å²) >= 11 is 7.95. The van der Waals surface area contributed by atoms with Gasteiger partial charge >= 0.3 is 0 Å². The fraction of sp³-hybridized carbons (Fsp3) is 0.333. The van der Waals surface area contributed by atoms with Gasteiger partial charge in [-0.1, -0.05) is 55.8 Å². The first-order chi connectivity index (χ1) is 10.1. The Balaban J connectivity index is 1.82. The molecule has 0 saturated carbocycles. The van der Waals surface area contributed by atoms with E-state index >= 15 is 0 Å². The van der Waals surface area contributed by atoms with Crippen LogP contribution >= 0.6 is 23.4 Å². The molecule has 2 unspecified atom stereocenters. The van der Waals surface area contributed by atoms with Gasteiger partial charge in [-0.15, -0.1) is 11.8 Å². The maximum absolute atomic E-state index is 6.01. The molecule has 0 aliphatic carbocycles. The van der Waals surface area contributed by atoms with Crippen LogP contribution in [0.15, 0.2) is 53.4 Å². The molecule has 1 aliphatic rings. The Kier molecular flexibility index (Phi) is 4.58. The van der Waals surface area contributed by atoms with Crippen LogP contribution in [0, 0.1) is 5.92 Å². The highest BCUT2D eigenvalue weighted by Crippen LogP contribution is 2.39. The van der Waals surface area contributed by atoms with Gasteiger partial charge in [0.05, 0.1) is 0 Å². The maximum atomic E-state index is 6.01. The molecule has 3 heteroatoms. The van der Waals surface area contributed by atoms with Gasteiger partial charge in [0.15, 0.2) is 0 Å². The minimum absolute atomic E-state index is 0.346. The lowest BCUT2D eigenvalue weighted by Gasteiger charge is -2.27. The molecule has 0 saturated heterocycles. The molecule has 0 spiro atoms. The van der Waals surface area contributed by atoms with E-state index in [1.165, 1.54) is 16.0 Å². The van der Waals surface area contributed by atoms with Crippen molar-refractivity contribution in [2.75, 3.05) is 5.75 Å². The fourth-order valence-corrected chi connectivity index (χ4v) is 4.16. The lowest BCUT2D eigenvalue weighted by Crippen LogP contribution is -2.30. The van der Waals surface area contributed by atoms with Crippen molar-refractivity contribution < 1.29 is 0 Å². The normalized spacial score (nSPS) is 18.8. The molecular formula is C18H20ClNS. The zero-order valence-corrected chi connectivity index (χ0v) is 13.9. The number of benzene rings is 2. The first-order valence-corrected chi connectivity index (χ1v) is 8.75.